The van der Waals surface area contributed by atoms with Crippen molar-refractivity contribution >= 4 is 45.6 Å². The Morgan fingerprint density at radius 3 is 2.35 bits per heavy atom. The highest BCUT2D eigenvalue weighted by Crippen LogP contribution is 2.41. The number of anilines is 2. The largest absolute Gasteiger partial charge is 0.399 e. The summed E-state index contributed by atoms with van der Waals surface area (Å²) in [5, 5.41) is 3.93. The van der Waals surface area contributed by atoms with Crippen LogP contribution in [0, 0.1) is 0 Å². The van der Waals surface area contributed by atoms with E-state index in [4.69, 9.17) is 5.73 Å². The van der Waals surface area contributed by atoms with E-state index in [1.165, 1.54) is 6.07 Å². The molecule has 3 aromatic carbocycles. The molecule has 4 N–H and O–H groups in total. The van der Waals surface area contributed by atoms with E-state index in [9.17, 15) is 18.0 Å². The Bertz CT molecular complexity index is 1360. The van der Waals surface area contributed by atoms with Crippen LogP contribution in [0.2, 0.25) is 0 Å². The van der Waals surface area contributed by atoms with Crippen LogP contribution in [0.3, 0.4) is 0 Å². The number of nitrogen functional groups attached to an aromatic ring is 1. The van der Waals surface area contributed by atoms with Gasteiger partial charge in [-0.3, -0.25) is 4.79 Å². The molecule has 0 saturated carbocycles. The van der Waals surface area contributed by atoms with Gasteiger partial charge in [-0.2, -0.15) is 0 Å². The van der Waals surface area contributed by atoms with Crippen molar-refractivity contribution in [2.75, 3.05) is 23.7 Å². The second kappa shape index (κ2) is 9.00. The molecule has 3 aromatic rings. The summed E-state index contributed by atoms with van der Waals surface area (Å²) < 4.78 is 27.0. The molecule has 2 aliphatic heterocycles. The molecule has 3 amide bonds. The summed E-state index contributed by atoms with van der Waals surface area (Å²) >= 11 is 0. The summed E-state index contributed by atoms with van der Waals surface area (Å²) in [6, 6.07) is 18.7. The maximum Gasteiger partial charge on any atom is 0.315 e. The Morgan fingerprint density at radius 1 is 1.00 bits per heavy atom. The van der Waals surface area contributed by atoms with Crippen LogP contribution in [0.5, 0.6) is 0 Å². The molecule has 2 aliphatic rings. The zero-order chi connectivity index (χ0) is 23.2. The third kappa shape index (κ3) is 3.97. The van der Waals surface area contributed by atoms with Crippen molar-refractivity contribution in [3.8, 4) is 11.1 Å². The highest BCUT2D eigenvalue weighted by Gasteiger charge is 2.38. The Hall–Kier alpha value is -3.56. The van der Waals surface area contributed by atoms with E-state index in [1.54, 1.807) is 35.2 Å². The van der Waals surface area contributed by atoms with Crippen molar-refractivity contribution in [2.45, 2.75) is 16.7 Å². The monoisotopic (exact) mass is 498 g/mol. The van der Waals surface area contributed by atoms with Crippen molar-refractivity contribution in [3.05, 3.63) is 77.9 Å². The van der Waals surface area contributed by atoms with Gasteiger partial charge < -0.3 is 21.3 Å². The Kier molecular flexibility index (Phi) is 6.24. The minimum absolute atomic E-state index is 0. The van der Waals surface area contributed by atoms with E-state index in [1.807, 2.05) is 30.3 Å². The fourth-order valence-corrected chi connectivity index (χ4v) is 6.05. The van der Waals surface area contributed by atoms with Crippen LogP contribution in [0.15, 0.2) is 71.6 Å². The molecule has 5 rings (SSSR count). The van der Waals surface area contributed by atoms with Gasteiger partial charge in [0.05, 0.1) is 11.4 Å². The lowest BCUT2D eigenvalue weighted by Gasteiger charge is -2.21. The van der Waals surface area contributed by atoms with Gasteiger partial charge in [-0.1, -0.05) is 30.3 Å². The summed E-state index contributed by atoms with van der Waals surface area (Å²) in [6.45, 7) is 0.428. The lowest BCUT2D eigenvalue weighted by Crippen LogP contribution is -2.35. The van der Waals surface area contributed by atoms with E-state index < -0.39 is 21.2 Å². The van der Waals surface area contributed by atoms with Gasteiger partial charge in [0.1, 0.15) is 0 Å². The first kappa shape index (κ1) is 23.6. The van der Waals surface area contributed by atoms with Gasteiger partial charge >= 0.3 is 6.03 Å². The normalized spacial score (nSPS) is 16.9. The quantitative estimate of drug-likeness (QED) is 0.477. The van der Waals surface area contributed by atoms with Crippen molar-refractivity contribution in [3.63, 3.8) is 0 Å². The van der Waals surface area contributed by atoms with Gasteiger partial charge in [-0.15, -0.1) is 12.4 Å². The van der Waals surface area contributed by atoms with Crippen molar-refractivity contribution in [1.29, 1.82) is 0 Å². The molecule has 1 saturated heterocycles. The molecule has 1 fully saturated rings. The zero-order valence-electron chi connectivity index (χ0n) is 18.0. The van der Waals surface area contributed by atoms with Gasteiger partial charge in [0, 0.05) is 29.0 Å². The van der Waals surface area contributed by atoms with Gasteiger partial charge in [0.2, 0.25) is 9.84 Å². The summed E-state index contributed by atoms with van der Waals surface area (Å²) in [5.41, 5.74) is 9.62. The molecule has 0 unspecified atom stereocenters. The van der Waals surface area contributed by atoms with Crippen LogP contribution in [-0.2, 0) is 16.3 Å². The first-order valence-corrected chi connectivity index (χ1v) is 12.1. The standard InChI is InChI=1S/C24H22N4O4S.ClH/c25-17-8-6-16(7-9-17)23(29)28-13-12-18-19(28)10-11-20(22(18)15-4-2-1-3-5-15)33(31,32)21-14-26-24(30)27-21;/h1-11,21H,12-14,25H2,(H2,26,27,30);1H/t21-;/m0./s1. The van der Waals surface area contributed by atoms with E-state index in [2.05, 4.69) is 10.6 Å². The van der Waals surface area contributed by atoms with E-state index in [-0.39, 0.29) is 29.8 Å². The third-order valence-corrected chi connectivity index (χ3v) is 8.00. The highest BCUT2D eigenvalue weighted by atomic mass is 35.5. The lowest BCUT2D eigenvalue weighted by atomic mass is 9.97. The average molecular weight is 499 g/mol. The summed E-state index contributed by atoms with van der Waals surface area (Å²) in [6.07, 6.45) is 0.513. The number of benzene rings is 3. The molecule has 0 spiro atoms. The maximum absolute atomic E-state index is 13.5. The molecule has 0 bridgehead atoms. The molecular formula is C24H23ClN4O4S. The third-order valence-electron chi connectivity index (χ3n) is 6.01. The predicted octanol–water partition coefficient (Wildman–Crippen LogP) is 2.97. The summed E-state index contributed by atoms with van der Waals surface area (Å²) in [5.74, 6) is -0.171. The fourth-order valence-electron chi connectivity index (χ4n) is 4.39. The van der Waals surface area contributed by atoms with Crippen LogP contribution in [0.25, 0.3) is 11.1 Å². The molecule has 10 heteroatoms. The number of halogens is 1. The van der Waals surface area contributed by atoms with Gasteiger partial charge in [0.25, 0.3) is 5.91 Å². The number of urea groups is 1. The van der Waals surface area contributed by atoms with Crippen LogP contribution < -0.4 is 21.3 Å². The van der Waals surface area contributed by atoms with Crippen molar-refractivity contribution in [1.82, 2.24) is 10.6 Å². The minimum Gasteiger partial charge on any atom is -0.399 e. The van der Waals surface area contributed by atoms with E-state index in [0.717, 1.165) is 11.1 Å². The van der Waals surface area contributed by atoms with Crippen LogP contribution >= 0.6 is 12.4 Å². The average Bonchev–Trinajstić information content (AvgIpc) is 3.46. The Balaban J connectivity index is 0.00000274. The molecule has 1 atom stereocenters. The molecule has 0 radical (unpaired) electrons. The number of hydrogen-bond acceptors (Lipinski definition) is 5. The number of fused-ring (bicyclic) bond motifs is 1. The second-order valence-electron chi connectivity index (χ2n) is 8.02. The number of nitrogens with two attached hydrogens (primary N) is 1. The molecule has 0 aromatic heterocycles. The van der Waals surface area contributed by atoms with Crippen LogP contribution in [-0.4, -0.2) is 38.8 Å². The maximum atomic E-state index is 13.5. The molecule has 0 aliphatic carbocycles. The smallest absolute Gasteiger partial charge is 0.315 e. The SMILES string of the molecule is Cl.Nc1ccc(C(=O)N2CCc3c2ccc(S(=O)(=O)[C@H]2CNC(=O)N2)c3-c2ccccc2)cc1. The van der Waals surface area contributed by atoms with Crippen LogP contribution in [0.1, 0.15) is 15.9 Å². The number of rotatable bonds is 4. The first-order chi connectivity index (χ1) is 15.9. The molecular weight excluding hydrogens is 476 g/mol. The number of carbonyl (C=O) groups excluding carboxylic acids is 2. The highest BCUT2D eigenvalue weighted by molar-refractivity contribution is 7.92. The Labute approximate surface area is 203 Å². The number of amides is 3. The number of nitrogens with zero attached hydrogens (tertiary/aromatic N) is 1. The topological polar surface area (TPSA) is 122 Å². The van der Waals surface area contributed by atoms with E-state index >= 15 is 0 Å². The molecule has 34 heavy (non-hydrogen) atoms. The minimum atomic E-state index is -3.88. The second-order valence-corrected chi connectivity index (χ2v) is 10.1. The van der Waals surface area contributed by atoms with Crippen LogP contribution in [0.4, 0.5) is 16.2 Å². The van der Waals surface area contributed by atoms with Crippen molar-refractivity contribution < 1.29 is 18.0 Å². The number of sulfone groups is 1. The zero-order valence-corrected chi connectivity index (χ0v) is 19.7. The fraction of sp³-hybridized carbons (Fsp3) is 0.167. The molecule has 8 nitrogen and oxygen atoms in total. The van der Waals surface area contributed by atoms with Gasteiger partial charge in [-0.05, 0) is 53.9 Å². The lowest BCUT2D eigenvalue weighted by molar-refractivity contribution is 0.0989. The number of carbonyl (C=O) groups is 2. The van der Waals surface area contributed by atoms with Gasteiger partial charge in [-0.25, -0.2) is 13.2 Å². The van der Waals surface area contributed by atoms with Crippen molar-refractivity contribution in [2.24, 2.45) is 0 Å². The van der Waals surface area contributed by atoms with E-state index in [0.29, 0.717) is 35.5 Å². The first-order valence-electron chi connectivity index (χ1n) is 10.5. The summed E-state index contributed by atoms with van der Waals surface area (Å²) in [4.78, 5) is 26.6. The van der Waals surface area contributed by atoms with Gasteiger partial charge in [0.15, 0.2) is 5.37 Å². The predicted molar refractivity (Wildman–Crippen MR) is 133 cm³/mol. The summed E-state index contributed by atoms with van der Waals surface area (Å²) in [7, 11) is -3.88. The number of nitrogens with one attached hydrogen (secondary N) is 2. The number of hydrogen-bond donors (Lipinski definition) is 3. The molecule has 176 valence electrons. The molecule has 2 heterocycles. The Morgan fingerprint density at radius 2 is 1.71 bits per heavy atom.